The van der Waals surface area contributed by atoms with Crippen molar-refractivity contribution in [1.82, 2.24) is 10.3 Å². The van der Waals surface area contributed by atoms with Gasteiger partial charge in [0.2, 0.25) is 0 Å². The van der Waals surface area contributed by atoms with E-state index in [1.165, 1.54) is 11.3 Å². The molecule has 1 heterocycles. The molecule has 0 fully saturated rings. The molecular weight excluding hydrogens is 176 g/mol. The van der Waals surface area contributed by atoms with Gasteiger partial charge >= 0.3 is 5.97 Å². The van der Waals surface area contributed by atoms with Crippen molar-refractivity contribution in [3.63, 3.8) is 0 Å². The van der Waals surface area contributed by atoms with Crippen molar-refractivity contribution in [2.75, 3.05) is 0 Å². The molecule has 0 aliphatic rings. The summed E-state index contributed by atoms with van der Waals surface area (Å²) in [5.74, 6) is -0.842. The van der Waals surface area contributed by atoms with Gasteiger partial charge in [0.05, 0.1) is 11.2 Å². The molecule has 66 valence electrons. The fraction of sp³-hybridized carbons (Fsp3) is 0.429. The number of hydrogen-bond donors (Lipinski definition) is 2. The Labute approximate surface area is 74.3 Å². The number of nitrogens with zero attached hydrogens (tertiary/aromatic N) is 1. The first-order valence-corrected chi connectivity index (χ1v) is 4.47. The van der Waals surface area contributed by atoms with Crippen LogP contribution in [-0.2, 0) is 11.3 Å². The third-order valence-electron chi connectivity index (χ3n) is 1.44. The molecular formula is C7H10N2O2S. The van der Waals surface area contributed by atoms with Gasteiger partial charge in [0.1, 0.15) is 6.04 Å². The Morgan fingerprint density at radius 2 is 2.67 bits per heavy atom. The highest BCUT2D eigenvalue weighted by molar-refractivity contribution is 7.07. The average Bonchev–Trinajstić information content (AvgIpc) is 2.51. The second-order valence-corrected chi connectivity index (χ2v) is 3.14. The molecule has 1 aromatic heterocycles. The molecule has 0 aromatic carbocycles. The monoisotopic (exact) mass is 186 g/mol. The zero-order chi connectivity index (χ0) is 8.97. The molecule has 5 heteroatoms. The number of carboxylic acids is 1. The number of carbonyl (C=O) groups is 1. The largest absolute Gasteiger partial charge is 0.480 e. The van der Waals surface area contributed by atoms with Crippen LogP contribution in [0.2, 0.25) is 0 Å². The summed E-state index contributed by atoms with van der Waals surface area (Å²) in [6.45, 7) is 2.12. The summed E-state index contributed by atoms with van der Waals surface area (Å²) in [5.41, 5.74) is 2.61. The van der Waals surface area contributed by atoms with Crippen LogP contribution in [0.4, 0.5) is 0 Å². The molecule has 0 bridgehead atoms. The number of aromatic nitrogens is 1. The second kappa shape index (κ2) is 4.18. The summed E-state index contributed by atoms with van der Waals surface area (Å²) >= 11 is 1.50. The number of thiazole rings is 1. The minimum atomic E-state index is -0.842. The molecule has 1 aromatic rings. The summed E-state index contributed by atoms with van der Waals surface area (Å²) < 4.78 is 0. The summed E-state index contributed by atoms with van der Waals surface area (Å²) in [4.78, 5) is 14.4. The van der Waals surface area contributed by atoms with Crippen molar-refractivity contribution in [1.29, 1.82) is 0 Å². The molecule has 1 atom stereocenters. The highest BCUT2D eigenvalue weighted by Crippen LogP contribution is 2.00. The summed E-state index contributed by atoms with van der Waals surface area (Å²) in [6.07, 6.45) is 0. The fourth-order valence-corrected chi connectivity index (χ4v) is 1.23. The molecule has 4 nitrogen and oxygen atoms in total. The summed E-state index contributed by atoms with van der Waals surface area (Å²) in [6, 6.07) is -0.522. The highest BCUT2D eigenvalue weighted by Gasteiger charge is 2.09. The van der Waals surface area contributed by atoms with Crippen LogP contribution < -0.4 is 5.32 Å². The van der Waals surface area contributed by atoms with Gasteiger partial charge in [0, 0.05) is 11.9 Å². The molecule has 0 amide bonds. The first-order valence-electron chi connectivity index (χ1n) is 3.53. The molecule has 0 spiro atoms. The van der Waals surface area contributed by atoms with Gasteiger partial charge in [-0.05, 0) is 6.92 Å². The van der Waals surface area contributed by atoms with Crippen LogP contribution in [0, 0.1) is 0 Å². The molecule has 0 saturated carbocycles. The van der Waals surface area contributed by atoms with Gasteiger partial charge in [0.25, 0.3) is 0 Å². The molecule has 0 saturated heterocycles. The van der Waals surface area contributed by atoms with Crippen LogP contribution in [0.25, 0.3) is 0 Å². The van der Waals surface area contributed by atoms with Crippen LogP contribution in [0.5, 0.6) is 0 Å². The maximum absolute atomic E-state index is 10.4. The zero-order valence-electron chi connectivity index (χ0n) is 6.65. The maximum atomic E-state index is 10.4. The Bertz CT molecular complexity index is 248. The third-order valence-corrected chi connectivity index (χ3v) is 2.08. The first-order chi connectivity index (χ1) is 5.70. The quantitative estimate of drug-likeness (QED) is 0.726. The number of rotatable bonds is 4. The summed E-state index contributed by atoms with van der Waals surface area (Å²) in [5, 5.41) is 13.2. The van der Waals surface area contributed by atoms with E-state index in [2.05, 4.69) is 10.3 Å². The fourth-order valence-electron chi connectivity index (χ4n) is 0.670. The van der Waals surface area contributed by atoms with Gasteiger partial charge in [-0.2, -0.15) is 0 Å². The van der Waals surface area contributed by atoms with E-state index in [1.807, 2.05) is 5.38 Å². The average molecular weight is 186 g/mol. The van der Waals surface area contributed by atoms with Crippen molar-refractivity contribution in [3.05, 3.63) is 16.6 Å². The first kappa shape index (κ1) is 9.15. The topological polar surface area (TPSA) is 62.2 Å². The van der Waals surface area contributed by atoms with E-state index in [1.54, 1.807) is 12.4 Å². The lowest BCUT2D eigenvalue weighted by molar-refractivity contribution is -0.139. The lowest BCUT2D eigenvalue weighted by atomic mass is 10.3. The lowest BCUT2D eigenvalue weighted by Crippen LogP contribution is -2.33. The van der Waals surface area contributed by atoms with E-state index in [-0.39, 0.29) is 0 Å². The van der Waals surface area contributed by atoms with Crippen LogP contribution in [0.1, 0.15) is 12.6 Å². The van der Waals surface area contributed by atoms with Crippen molar-refractivity contribution in [3.8, 4) is 0 Å². The molecule has 0 aliphatic carbocycles. The minimum Gasteiger partial charge on any atom is -0.480 e. The maximum Gasteiger partial charge on any atom is 0.320 e. The van der Waals surface area contributed by atoms with Crippen LogP contribution >= 0.6 is 11.3 Å². The standard InChI is InChI=1S/C7H10N2O2S/c1-5(7(10)11)8-2-6-3-12-4-9-6/h3-5,8H,2H2,1H3,(H,10,11)/t5-/m1/s1. The normalized spacial score (nSPS) is 12.8. The highest BCUT2D eigenvalue weighted by atomic mass is 32.1. The second-order valence-electron chi connectivity index (χ2n) is 2.42. The van der Waals surface area contributed by atoms with Gasteiger partial charge < -0.3 is 5.11 Å². The van der Waals surface area contributed by atoms with Gasteiger partial charge in [-0.15, -0.1) is 11.3 Å². The van der Waals surface area contributed by atoms with E-state index >= 15 is 0 Å². The van der Waals surface area contributed by atoms with Gasteiger partial charge in [-0.25, -0.2) is 4.98 Å². The Morgan fingerprint density at radius 1 is 1.92 bits per heavy atom. The van der Waals surface area contributed by atoms with Gasteiger partial charge in [-0.3, -0.25) is 10.1 Å². The van der Waals surface area contributed by atoms with Crippen molar-refractivity contribution < 1.29 is 9.90 Å². The number of aliphatic carboxylic acids is 1. The van der Waals surface area contributed by atoms with E-state index in [0.29, 0.717) is 6.54 Å². The predicted octanol–water partition coefficient (Wildman–Crippen LogP) is 0.706. The predicted molar refractivity (Wildman–Crippen MR) is 46.1 cm³/mol. The summed E-state index contributed by atoms with van der Waals surface area (Å²) in [7, 11) is 0. The van der Waals surface area contributed by atoms with E-state index in [9.17, 15) is 4.79 Å². The van der Waals surface area contributed by atoms with Gasteiger partial charge in [0.15, 0.2) is 0 Å². The number of hydrogen-bond acceptors (Lipinski definition) is 4. The van der Waals surface area contributed by atoms with E-state index in [0.717, 1.165) is 5.69 Å². The minimum absolute atomic E-state index is 0.511. The molecule has 0 aliphatic heterocycles. The Kier molecular flexibility index (Phi) is 3.19. The van der Waals surface area contributed by atoms with Crippen LogP contribution in [0.15, 0.2) is 10.9 Å². The Hall–Kier alpha value is -0.940. The molecule has 2 N–H and O–H groups in total. The smallest absolute Gasteiger partial charge is 0.320 e. The molecule has 0 radical (unpaired) electrons. The molecule has 1 rings (SSSR count). The molecule has 0 unspecified atom stereocenters. The zero-order valence-corrected chi connectivity index (χ0v) is 7.47. The Morgan fingerprint density at radius 3 is 3.17 bits per heavy atom. The van der Waals surface area contributed by atoms with Gasteiger partial charge in [-0.1, -0.05) is 0 Å². The van der Waals surface area contributed by atoms with Crippen LogP contribution in [-0.4, -0.2) is 22.1 Å². The van der Waals surface area contributed by atoms with Crippen LogP contribution in [0.3, 0.4) is 0 Å². The SMILES string of the molecule is C[C@@H](NCc1cscn1)C(=O)O. The third kappa shape index (κ3) is 2.60. The Balaban J connectivity index is 2.31. The molecule has 12 heavy (non-hydrogen) atoms. The van der Waals surface area contributed by atoms with Crippen molar-refractivity contribution >= 4 is 17.3 Å². The number of carboxylic acid groups (broad SMARTS) is 1. The lowest BCUT2D eigenvalue weighted by Gasteiger charge is -2.06. The van der Waals surface area contributed by atoms with E-state index < -0.39 is 12.0 Å². The van der Waals surface area contributed by atoms with Crippen molar-refractivity contribution in [2.24, 2.45) is 0 Å². The van der Waals surface area contributed by atoms with E-state index in [4.69, 9.17) is 5.11 Å². The number of nitrogens with one attached hydrogen (secondary N) is 1. The van der Waals surface area contributed by atoms with Crippen molar-refractivity contribution in [2.45, 2.75) is 19.5 Å².